The summed E-state index contributed by atoms with van der Waals surface area (Å²) in [4.78, 5) is 21.7. The summed E-state index contributed by atoms with van der Waals surface area (Å²) in [6, 6.07) is 5.09. The molecule has 0 bridgehead atoms. The van der Waals surface area contributed by atoms with E-state index in [9.17, 15) is 14.9 Å². The lowest BCUT2D eigenvalue weighted by atomic mass is 10.0. The van der Waals surface area contributed by atoms with Crippen molar-refractivity contribution < 1.29 is 9.72 Å². The van der Waals surface area contributed by atoms with Gasteiger partial charge in [-0.2, -0.15) is 0 Å². The molecule has 1 unspecified atom stereocenters. The van der Waals surface area contributed by atoms with Crippen molar-refractivity contribution in [3.63, 3.8) is 0 Å². The van der Waals surface area contributed by atoms with Crippen LogP contribution in [0.1, 0.15) is 25.3 Å². The number of hydrogen-bond acceptors (Lipinski definition) is 5. The van der Waals surface area contributed by atoms with Crippen LogP contribution in [0.25, 0.3) is 0 Å². The third kappa shape index (κ3) is 6.09. The number of carbonyl (C=O) groups is 1. The van der Waals surface area contributed by atoms with E-state index in [1.807, 2.05) is 13.0 Å². The minimum atomic E-state index is -0.391. The molecule has 1 aromatic carbocycles. The number of hydrogen-bond donors (Lipinski definition) is 3. The highest BCUT2D eigenvalue weighted by Gasteiger charge is 2.15. The van der Waals surface area contributed by atoms with Crippen LogP contribution in [0.15, 0.2) is 18.2 Å². The molecule has 122 valence electrons. The highest BCUT2D eigenvalue weighted by Crippen LogP contribution is 2.25. The highest BCUT2D eigenvalue weighted by molar-refractivity contribution is 5.72. The second-order valence-electron chi connectivity index (χ2n) is 5.39. The first-order chi connectivity index (χ1) is 10.4. The fourth-order valence-corrected chi connectivity index (χ4v) is 2.17. The SMILES string of the molecule is CC(=O)NCC(CCCN)CNc1ccc(C)cc1[N+](=O)[O-]. The third-order valence-electron chi connectivity index (χ3n) is 3.39. The maximum absolute atomic E-state index is 11.1. The molecule has 0 aromatic heterocycles. The van der Waals surface area contributed by atoms with Crippen LogP contribution in [0.5, 0.6) is 0 Å². The maximum atomic E-state index is 11.1. The van der Waals surface area contributed by atoms with Gasteiger partial charge in [0.25, 0.3) is 5.69 Å². The molecule has 0 saturated heterocycles. The Bertz CT molecular complexity index is 520. The summed E-state index contributed by atoms with van der Waals surface area (Å²) in [6.45, 7) is 4.95. The van der Waals surface area contributed by atoms with E-state index >= 15 is 0 Å². The molecule has 1 amide bonds. The molecule has 0 spiro atoms. The Morgan fingerprint density at radius 1 is 1.41 bits per heavy atom. The van der Waals surface area contributed by atoms with Gasteiger partial charge in [0.05, 0.1) is 4.92 Å². The van der Waals surface area contributed by atoms with E-state index in [1.54, 1.807) is 12.1 Å². The Kier molecular flexibility index (Phi) is 7.31. The Morgan fingerprint density at radius 3 is 2.73 bits per heavy atom. The summed E-state index contributed by atoms with van der Waals surface area (Å²) in [5, 5.41) is 17.0. The number of nitrogens with two attached hydrogens (primary N) is 1. The van der Waals surface area contributed by atoms with Crippen LogP contribution in [0.2, 0.25) is 0 Å². The van der Waals surface area contributed by atoms with Gasteiger partial charge in [-0.15, -0.1) is 0 Å². The van der Waals surface area contributed by atoms with Gasteiger partial charge in [-0.3, -0.25) is 14.9 Å². The van der Waals surface area contributed by atoms with Gasteiger partial charge in [0.1, 0.15) is 5.69 Å². The van der Waals surface area contributed by atoms with E-state index in [0.29, 0.717) is 25.3 Å². The second-order valence-corrected chi connectivity index (χ2v) is 5.39. The van der Waals surface area contributed by atoms with Gasteiger partial charge >= 0.3 is 0 Å². The first kappa shape index (κ1) is 17.9. The summed E-state index contributed by atoms with van der Waals surface area (Å²) < 4.78 is 0. The standard InChI is InChI=1S/C15H24N4O3/c1-11-5-6-14(15(8-11)19(21)22)18-10-13(4-3-7-16)9-17-12(2)20/h5-6,8,13,18H,3-4,7,9-10,16H2,1-2H3,(H,17,20). The largest absolute Gasteiger partial charge is 0.379 e. The van der Waals surface area contributed by atoms with Crippen molar-refractivity contribution in [3.05, 3.63) is 33.9 Å². The third-order valence-corrected chi connectivity index (χ3v) is 3.39. The van der Waals surface area contributed by atoms with Crippen molar-refractivity contribution in [2.45, 2.75) is 26.7 Å². The molecule has 1 rings (SSSR count). The topological polar surface area (TPSA) is 110 Å². The summed E-state index contributed by atoms with van der Waals surface area (Å²) in [5.74, 6) is 0.0902. The van der Waals surface area contributed by atoms with E-state index in [-0.39, 0.29) is 17.5 Å². The van der Waals surface area contributed by atoms with Crippen LogP contribution in [-0.2, 0) is 4.79 Å². The summed E-state index contributed by atoms with van der Waals surface area (Å²) in [7, 11) is 0. The van der Waals surface area contributed by atoms with E-state index in [0.717, 1.165) is 18.4 Å². The number of nitro benzene ring substituents is 1. The Balaban J connectivity index is 2.70. The highest BCUT2D eigenvalue weighted by atomic mass is 16.6. The minimum Gasteiger partial charge on any atom is -0.379 e. The average molecular weight is 308 g/mol. The lowest BCUT2D eigenvalue weighted by Crippen LogP contribution is -2.31. The summed E-state index contributed by atoms with van der Waals surface area (Å²) >= 11 is 0. The van der Waals surface area contributed by atoms with Crippen molar-refractivity contribution in [1.82, 2.24) is 5.32 Å². The Morgan fingerprint density at radius 2 is 2.14 bits per heavy atom. The minimum absolute atomic E-state index is 0.0668. The predicted octanol–water partition coefficient (Wildman–Crippen LogP) is 1.81. The molecule has 0 aliphatic heterocycles. The van der Waals surface area contributed by atoms with Gasteiger partial charge in [0.15, 0.2) is 0 Å². The van der Waals surface area contributed by atoms with Crippen molar-refractivity contribution in [2.75, 3.05) is 25.0 Å². The molecule has 22 heavy (non-hydrogen) atoms. The van der Waals surface area contributed by atoms with Gasteiger partial charge in [-0.05, 0) is 43.9 Å². The molecule has 1 atom stereocenters. The number of anilines is 1. The van der Waals surface area contributed by atoms with E-state index < -0.39 is 4.92 Å². The quantitative estimate of drug-likeness (QED) is 0.476. The molecule has 7 heteroatoms. The molecule has 0 fully saturated rings. The van der Waals surface area contributed by atoms with Crippen molar-refractivity contribution >= 4 is 17.3 Å². The van der Waals surface area contributed by atoms with Crippen molar-refractivity contribution in [3.8, 4) is 0 Å². The van der Waals surface area contributed by atoms with E-state index in [4.69, 9.17) is 5.73 Å². The molecule has 0 heterocycles. The first-order valence-electron chi connectivity index (χ1n) is 7.37. The van der Waals surface area contributed by atoms with Gasteiger partial charge < -0.3 is 16.4 Å². The monoisotopic (exact) mass is 308 g/mol. The number of aryl methyl sites for hydroxylation is 1. The van der Waals surface area contributed by atoms with Crippen molar-refractivity contribution in [2.24, 2.45) is 11.7 Å². The fraction of sp³-hybridized carbons (Fsp3) is 0.533. The number of nitrogens with one attached hydrogen (secondary N) is 2. The molecule has 7 nitrogen and oxygen atoms in total. The zero-order chi connectivity index (χ0) is 16.5. The Hall–Kier alpha value is -2.15. The molecule has 0 radical (unpaired) electrons. The van der Waals surface area contributed by atoms with Crippen LogP contribution in [0.4, 0.5) is 11.4 Å². The predicted molar refractivity (Wildman–Crippen MR) is 86.8 cm³/mol. The fourth-order valence-electron chi connectivity index (χ4n) is 2.17. The molecule has 0 aliphatic rings. The van der Waals surface area contributed by atoms with Gasteiger partial charge in [-0.25, -0.2) is 0 Å². The summed E-state index contributed by atoms with van der Waals surface area (Å²) in [5.41, 5.74) is 6.93. The molecule has 0 aliphatic carbocycles. The number of rotatable bonds is 9. The normalized spacial score (nSPS) is 11.8. The average Bonchev–Trinajstić information content (AvgIpc) is 2.47. The summed E-state index contributed by atoms with van der Waals surface area (Å²) in [6.07, 6.45) is 1.70. The van der Waals surface area contributed by atoms with Gasteiger partial charge in [0, 0.05) is 26.1 Å². The van der Waals surface area contributed by atoms with Crippen LogP contribution in [0.3, 0.4) is 0 Å². The Labute approximate surface area is 130 Å². The first-order valence-corrected chi connectivity index (χ1v) is 7.37. The number of nitro groups is 1. The molecule has 4 N–H and O–H groups in total. The molecular formula is C15H24N4O3. The smallest absolute Gasteiger partial charge is 0.292 e. The number of benzene rings is 1. The number of carbonyl (C=O) groups excluding carboxylic acids is 1. The lowest BCUT2D eigenvalue weighted by Gasteiger charge is -2.18. The maximum Gasteiger partial charge on any atom is 0.292 e. The van der Waals surface area contributed by atoms with E-state index in [2.05, 4.69) is 10.6 Å². The molecule has 0 saturated carbocycles. The van der Waals surface area contributed by atoms with Crippen molar-refractivity contribution in [1.29, 1.82) is 0 Å². The number of amides is 1. The number of nitrogens with zero attached hydrogens (tertiary/aromatic N) is 1. The van der Waals surface area contributed by atoms with Crippen LogP contribution >= 0.6 is 0 Å². The van der Waals surface area contributed by atoms with Gasteiger partial charge in [0.2, 0.25) is 5.91 Å². The van der Waals surface area contributed by atoms with Crippen LogP contribution in [-0.4, -0.2) is 30.5 Å². The lowest BCUT2D eigenvalue weighted by molar-refractivity contribution is -0.384. The van der Waals surface area contributed by atoms with E-state index in [1.165, 1.54) is 6.92 Å². The molecule has 1 aromatic rings. The zero-order valence-electron chi connectivity index (χ0n) is 13.1. The zero-order valence-corrected chi connectivity index (χ0v) is 13.1. The van der Waals surface area contributed by atoms with Crippen LogP contribution < -0.4 is 16.4 Å². The molecular weight excluding hydrogens is 284 g/mol. The second kappa shape index (κ2) is 8.99. The van der Waals surface area contributed by atoms with Crippen LogP contribution in [0, 0.1) is 23.0 Å². The van der Waals surface area contributed by atoms with Gasteiger partial charge in [-0.1, -0.05) is 6.07 Å².